The second kappa shape index (κ2) is 6.33. The molecule has 96 valence electrons. The summed E-state index contributed by atoms with van der Waals surface area (Å²) < 4.78 is 5.96. The number of nitrogens with two attached hydrogens (primary N) is 1. The fourth-order valence-electron chi connectivity index (χ4n) is 2.40. The smallest absolute Gasteiger partial charge is 0.197 e. The average Bonchev–Trinajstić information content (AvgIpc) is 2.84. The summed E-state index contributed by atoms with van der Waals surface area (Å²) in [5, 5.41) is 0.749. The van der Waals surface area contributed by atoms with Gasteiger partial charge in [0.25, 0.3) is 0 Å². The fourth-order valence-corrected chi connectivity index (χ4v) is 3.05. The zero-order valence-corrected chi connectivity index (χ0v) is 11.1. The van der Waals surface area contributed by atoms with E-state index in [1.165, 1.54) is 32.1 Å². The number of nitrogens with zero attached hydrogens (tertiary/aromatic N) is 1. The number of nitrogen functional groups attached to an aromatic ring is 1. The van der Waals surface area contributed by atoms with Crippen LogP contribution in [0.1, 0.15) is 43.9 Å². The molecule has 5 heteroatoms. The van der Waals surface area contributed by atoms with Gasteiger partial charge in [0.1, 0.15) is 0 Å². The van der Waals surface area contributed by atoms with E-state index in [1.807, 2.05) is 6.20 Å². The Kier molecular flexibility index (Phi) is 4.76. The first kappa shape index (κ1) is 12.8. The van der Waals surface area contributed by atoms with E-state index in [9.17, 15) is 0 Å². The van der Waals surface area contributed by atoms with Gasteiger partial charge in [0.15, 0.2) is 5.13 Å². The minimum atomic E-state index is 0.435. The quantitative estimate of drug-likeness (QED) is 0.627. The molecule has 2 unspecified atom stereocenters. The first-order valence-corrected chi connectivity index (χ1v) is 7.16. The molecule has 1 aliphatic rings. The molecule has 1 aliphatic carbocycles. The first-order valence-electron chi connectivity index (χ1n) is 6.34. The summed E-state index contributed by atoms with van der Waals surface area (Å²) in [7, 11) is 0. The van der Waals surface area contributed by atoms with Crippen LogP contribution in [0.3, 0.4) is 0 Å². The van der Waals surface area contributed by atoms with Crippen molar-refractivity contribution >= 4 is 16.5 Å². The topological polar surface area (TPSA) is 60.2 Å². The van der Waals surface area contributed by atoms with Gasteiger partial charge in [-0.3, -0.25) is 5.43 Å². The van der Waals surface area contributed by atoms with Crippen molar-refractivity contribution < 1.29 is 4.74 Å². The minimum Gasteiger partial charge on any atom is -0.373 e. The summed E-state index contributed by atoms with van der Waals surface area (Å²) in [5.74, 6) is 6.15. The summed E-state index contributed by atoms with van der Waals surface area (Å²) in [6.45, 7) is 2.94. The Labute approximate surface area is 107 Å². The molecule has 0 spiro atoms. The van der Waals surface area contributed by atoms with Gasteiger partial charge >= 0.3 is 0 Å². The molecule has 0 bridgehead atoms. The average molecular weight is 255 g/mol. The third kappa shape index (κ3) is 3.66. The van der Waals surface area contributed by atoms with E-state index in [4.69, 9.17) is 10.6 Å². The molecule has 2 atom stereocenters. The van der Waals surface area contributed by atoms with Crippen LogP contribution < -0.4 is 11.3 Å². The lowest BCUT2D eigenvalue weighted by Gasteiger charge is -2.28. The van der Waals surface area contributed by atoms with E-state index in [0.717, 1.165) is 15.9 Å². The van der Waals surface area contributed by atoms with E-state index >= 15 is 0 Å². The number of thiazole rings is 1. The summed E-state index contributed by atoms with van der Waals surface area (Å²) in [4.78, 5) is 5.27. The largest absolute Gasteiger partial charge is 0.373 e. The number of ether oxygens (including phenoxy) is 1. The first-order chi connectivity index (χ1) is 8.31. The maximum absolute atomic E-state index is 5.96. The van der Waals surface area contributed by atoms with Crippen LogP contribution >= 0.6 is 11.3 Å². The highest BCUT2D eigenvalue weighted by Gasteiger charge is 2.21. The highest BCUT2D eigenvalue weighted by atomic mass is 32.1. The van der Waals surface area contributed by atoms with Crippen LogP contribution in [0.25, 0.3) is 0 Å². The molecular formula is C12H21N3OS. The van der Waals surface area contributed by atoms with Crippen LogP contribution in [0.5, 0.6) is 0 Å². The number of anilines is 1. The van der Waals surface area contributed by atoms with E-state index in [1.54, 1.807) is 11.3 Å². The molecule has 1 saturated carbocycles. The molecule has 0 aliphatic heterocycles. The van der Waals surface area contributed by atoms with Crippen LogP contribution in [0.15, 0.2) is 6.20 Å². The number of rotatable bonds is 5. The molecule has 0 saturated heterocycles. The molecule has 0 aromatic carbocycles. The van der Waals surface area contributed by atoms with E-state index in [2.05, 4.69) is 17.3 Å². The summed E-state index contributed by atoms with van der Waals surface area (Å²) in [6.07, 6.45) is 8.65. The molecule has 1 aromatic heterocycles. The van der Waals surface area contributed by atoms with Gasteiger partial charge in [0.2, 0.25) is 0 Å². The normalized spacial score (nSPS) is 24.8. The van der Waals surface area contributed by atoms with Crippen molar-refractivity contribution in [2.75, 3.05) is 5.43 Å². The van der Waals surface area contributed by atoms with Gasteiger partial charge in [0, 0.05) is 6.20 Å². The van der Waals surface area contributed by atoms with E-state index < -0.39 is 0 Å². The second-order valence-electron chi connectivity index (χ2n) is 4.65. The fraction of sp³-hybridized carbons (Fsp3) is 0.750. The Balaban J connectivity index is 1.77. The standard InChI is InChI=1S/C12H21N3OS/c1-2-9-4-3-5-10(6-9)16-8-11-7-14-12(15-13)17-11/h7,9-10H,2-6,8,13H2,1H3,(H,14,15). The highest BCUT2D eigenvalue weighted by molar-refractivity contribution is 7.15. The Morgan fingerprint density at radius 2 is 2.47 bits per heavy atom. The third-order valence-electron chi connectivity index (χ3n) is 3.45. The molecule has 1 fully saturated rings. The Hall–Kier alpha value is -0.650. The predicted octanol–water partition coefficient (Wildman–Crippen LogP) is 2.91. The van der Waals surface area contributed by atoms with Gasteiger partial charge in [-0.15, -0.1) is 0 Å². The molecule has 0 radical (unpaired) electrons. The van der Waals surface area contributed by atoms with Crippen LogP contribution in [0.2, 0.25) is 0 Å². The highest BCUT2D eigenvalue weighted by Crippen LogP contribution is 2.29. The maximum atomic E-state index is 5.96. The Morgan fingerprint density at radius 3 is 3.18 bits per heavy atom. The second-order valence-corrected chi connectivity index (χ2v) is 5.77. The molecule has 3 N–H and O–H groups in total. The van der Waals surface area contributed by atoms with Crippen LogP contribution in [-0.2, 0) is 11.3 Å². The lowest BCUT2D eigenvalue weighted by Crippen LogP contribution is -2.22. The zero-order valence-electron chi connectivity index (χ0n) is 10.3. The van der Waals surface area contributed by atoms with Gasteiger partial charge in [-0.05, 0) is 18.8 Å². The number of hydrogen-bond acceptors (Lipinski definition) is 5. The van der Waals surface area contributed by atoms with Crippen molar-refractivity contribution in [3.8, 4) is 0 Å². The molecule has 1 heterocycles. The molecule has 0 amide bonds. The van der Waals surface area contributed by atoms with Gasteiger partial charge in [-0.1, -0.05) is 37.5 Å². The summed E-state index contributed by atoms with van der Waals surface area (Å²) >= 11 is 1.56. The lowest BCUT2D eigenvalue weighted by molar-refractivity contribution is 0.00291. The van der Waals surface area contributed by atoms with E-state index in [-0.39, 0.29) is 0 Å². The molecule has 17 heavy (non-hydrogen) atoms. The van der Waals surface area contributed by atoms with Crippen molar-refractivity contribution in [3.63, 3.8) is 0 Å². The van der Waals surface area contributed by atoms with Crippen molar-refractivity contribution in [2.24, 2.45) is 11.8 Å². The van der Waals surface area contributed by atoms with Gasteiger partial charge in [-0.25, -0.2) is 10.8 Å². The zero-order chi connectivity index (χ0) is 12.1. The van der Waals surface area contributed by atoms with E-state index in [0.29, 0.717) is 12.7 Å². The SMILES string of the molecule is CCC1CCCC(OCc2cnc(NN)s2)C1. The number of aromatic nitrogens is 1. The van der Waals surface area contributed by atoms with Gasteiger partial charge in [0.05, 0.1) is 17.6 Å². The molecular weight excluding hydrogens is 234 g/mol. The maximum Gasteiger partial charge on any atom is 0.197 e. The Morgan fingerprint density at radius 1 is 1.59 bits per heavy atom. The van der Waals surface area contributed by atoms with Crippen molar-refractivity contribution in [1.82, 2.24) is 4.98 Å². The monoisotopic (exact) mass is 255 g/mol. The van der Waals surface area contributed by atoms with Crippen molar-refractivity contribution in [3.05, 3.63) is 11.1 Å². The molecule has 2 rings (SSSR count). The van der Waals surface area contributed by atoms with Gasteiger partial charge in [-0.2, -0.15) is 0 Å². The third-order valence-corrected chi connectivity index (χ3v) is 4.35. The number of hydrogen-bond donors (Lipinski definition) is 2. The lowest BCUT2D eigenvalue weighted by atomic mass is 9.85. The van der Waals surface area contributed by atoms with Crippen LogP contribution in [-0.4, -0.2) is 11.1 Å². The predicted molar refractivity (Wildman–Crippen MR) is 70.8 cm³/mol. The number of nitrogens with one attached hydrogen (secondary N) is 1. The van der Waals surface area contributed by atoms with Crippen molar-refractivity contribution in [2.45, 2.75) is 51.7 Å². The van der Waals surface area contributed by atoms with Crippen LogP contribution in [0, 0.1) is 5.92 Å². The van der Waals surface area contributed by atoms with Gasteiger partial charge < -0.3 is 4.74 Å². The molecule has 4 nitrogen and oxygen atoms in total. The molecule has 1 aromatic rings. The summed E-state index contributed by atoms with van der Waals surface area (Å²) in [6, 6.07) is 0. The number of hydrazine groups is 1. The van der Waals surface area contributed by atoms with Crippen LogP contribution in [0.4, 0.5) is 5.13 Å². The summed E-state index contributed by atoms with van der Waals surface area (Å²) in [5.41, 5.74) is 2.55. The minimum absolute atomic E-state index is 0.435. The Bertz CT molecular complexity index is 342. The van der Waals surface area contributed by atoms with Crippen molar-refractivity contribution in [1.29, 1.82) is 0 Å².